The molecular weight excluding hydrogens is 331 g/mol. The summed E-state index contributed by atoms with van der Waals surface area (Å²) in [5, 5.41) is 2.79. The molecule has 2 atom stereocenters. The maximum atomic E-state index is 12.9. The van der Waals surface area contributed by atoms with Gasteiger partial charge < -0.3 is 10.2 Å². The van der Waals surface area contributed by atoms with Crippen molar-refractivity contribution in [2.45, 2.75) is 41.2 Å². The van der Waals surface area contributed by atoms with Crippen molar-refractivity contribution in [3.63, 3.8) is 0 Å². The summed E-state index contributed by atoms with van der Waals surface area (Å²) < 4.78 is 12.9. The van der Waals surface area contributed by atoms with Gasteiger partial charge in [0, 0.05) is 13.1 Å². The van der Waals surface area contributed by atoms with Crippen LogP contribution >= 0.6 is 0 Å². The lowest BCUT2D eigenvalue weighted by atomic mass is 10.1. The molecule has 1 aromatic carbocycles. The van der Waals surface area contributed by atoms with E-state index < -0.39 is 0 Å². The predicted molar refractivity (Wildman–Crippen MR) is 101 cm³/mol. The molecule has 1 aliphatic rings. The molecular formula is C21H29FN2O2. The van der Waals surface area contributed by atoms with Gasteiger partial charge in [0.15, 0.2) is 0 Å². The Labute approximate surface area is 155 Å². The Balaban J connectivity index is 1.92. The number of amides is 2. The second-order valence-electron chi connectivity index (χ2n) is 7.82. The van der Waals surface area contributed by atoms with E-state index >= 15 is 0 Å². The lowest BCUT2D eigenvalue weighted by molar-refractivity contribution is -0.137. The molecule has 1 aliphatic carbocycles. The molecule has 0 saturated heterocycles. The smallest absolute Gasteiger partial charge is 0.239 e. The summed E-state index contributed by atoms with van der Waals surface area (Å²) in [6, 6.07) is 5.99. The van der Waals surface area contributed by atoms with Crippen molar-refractivity contribution in [1.29, 1.82) is 0 Å². The lowest BCUT2D eigenvalue weighted by Crippen LogP contribution is -2.41. The van der Waals surface area contributed by atoms with Gasteiger partial charge >= 0.3 is 0 Å². The summed E-state index contributed by atoms with van der Waals surface area (Å²) in [6.45, 7) is 11.0. The van der Waals surface area contributed by atoms with Gasteiger partial charge in [0.05, 0.1) is 12.5 Å². The van der Waals surface area contributed by atoms with Crippen molar-refractivity contribution in [2.24, 2.45) is 17.3 Å². The van der Waals surface area contributed by atoms with E-state index in [-0.39, 0.29) is 41.4 Å². The fourth-order valence-corrected chi connectivity index (χ4v) is 3.39. The van der Waals surface area contributed by atoms with Crippen LogP contribution in [0.25, 0.3) is 0 Å². The van der Waals surface area contributed by atoms with Gasteiger partial charge in [0.25, 0.3) is 0 Å². The van der Waals surface area contributed by atoms with Gasteiger partial charge in [0.1, 0.15) is 5.82 Å². The van der Waals surface area contributed by atoms with E-state index in [2.05, 4.69) is 25.2 Å². The van der Waals surface area contributed by atoms with E-state index in [1.165, 1.54) is 17.7 Å². The molecule has 142 valence electrons. The van der Waals surface area contributed by atoms with Crippen LogP contribution in [0.1, 0.15) is 40.2 Å². The Morgan fingerprint density at radius 3 is 2.38 bits per heavy atom. The van der Waals surface area contributed by atoms with Gasteiger partial charge in [0.2, 0.25) is 11.8 Å². The Morgan fingerprint density at radius 2 is 1.85 bits per heavy atom. The van der Waals surface area contributed by atoms with Crippen LogP contribution in [0.5, 0.6) is 0 Å². The van der Waals surface area contributed by atoms with Gasteiger partial charge in [-0.2, -0.15) is 0 Å². The first-order valence-corrected chi connectivity index (χ1v) is 9.11. The summed E-state index contributed by atoms with van der Waals surface area (Å²) >= 11 is 0. The predicted octanol–water partition coefficient (Wildman–Crippen LogP) is 3.53. The molecule has 0 aromatic heterocycles. The molecule has 0 radical (unpaired) electrons. The molecule has 2 rings (SSSR count). The van der Waals surface area contributed by atoms with Crippen LogP contribution in [-0.4, -0.2) is 29.8 Å². The van der Waals surface area contributed by atoms with Crippen LogP contribution in [0, 0.1) is 23.1 Å². The van der Waals surface area contributed by atoms with Crippen molar-refractivity contribution in [2.75, 3.05) is 13.1 Å². The van der Waals surface area contributed by atoms with Gasteiger partial charge in [-0.25, -0.2) is 4.39 Å². The van der Waals surface area contributed by atoms with Crippen LogP contribution in [0.3, 0.4) is 0 Å². The van der Waals surface area contributed by atoms with Crippen LogP contribution in [0.15, 0.2) is 35.9 Å². The zero-order valence-corrected chi connectivity index (χ0v) is 16.3. The summed E-state index contributed by atoms with van der Waals surface area (Å²) in [6.07, 6.45) is 2.16. The van der Waals surface area contributed by atoms with Crippen LogP contribution in [-0.2, 0) is 16.1 Å². The molecule has 26 heavy (non-hydrogen) atoms. The highest BCUT2D eigenvalue weighted by atomic mass is 19.1. The highest BCUT2D eigenvalue weighted by Crippen LogP contribution is 2.60. The van der Waals surface area contributed by atoms with Gasteiger partial charge in [-0.15, -0.1) is 0 Å². The largest absolute Gasteiger partial charge is 0.350 e. The molecule has 0 bridgehead atoms. The number of benzene rings is 1. The third-order valence-corrected chi connectivity index (χ3v) is 5.12. The standard InChI is InChI=1S/C21H29FN2O2/c1-6-24(20(26)19-17(11-14(2)3)21(19,4)5)13-18(25)23-12-15-7-9-16(22)10-8-15/h7-11,17,19H,6,12-13H2,1-5H3,(H,23,25). The Kier molecular flexibility index (Phi) is 6.21. The fraction of sp³-hybridized carbons (Fsp3) is 0.524. The first-order valence-electron chi connectivity index (χ1n) is 9.11. The Bertz CT molecular complexity index is 690. The number of nitrogens with zero attached hydrogens (tertiary/aromatic N) is 1. The average Bonchev–Trinajstić information content (AvgIpc) is 3.10. The number of halogens is 1. The molecule has 2 amide bonds. The molecule has 1 aromatic rings. The third-order valence-electron chi connectivity index (χ3n) is 5.12. The highest BCUT2D eigenvalue weighted by Gasteiger charge is 2.61. The molecule has 5 heteroatoms. The minimum absolute atomic E-state index is 0.0388. The number of nitrogens with one attached hydrogen (secondary N) is 1. The van der Waals surface area contributed by atoms with Gasteiger partial charge in [-0.3, -0.25) is 9.59 Å². The monoisotopic (exact) mass is 360 g/mol. The summed E-state index contributed by atoms with van der Waals surface area (Å²) in [5.41, 5.74) is 1.96. The van der Waals surface area contributed by atoms with Crippen LogP contribution in [0.2, 0.25) is 0 Å². The molecule has 2 unspecified atom stereocenters. The number of carbonyl (C=O) groups excluding carboxylic acids is 2. The second-order valence-corrected chi connectivity index (χ2v) is 7.82. The quantitative estimate of drug-likeness (QED) is 0.756. The number of hydrogen-bond acceptors (Lipinski definition) is 2. The third kappa shape index (κ3) is 4.71. The zero-order valence-electron chi connectivity index (χ0n) is 16.3. The van der Waals surface area contributed by atoms with Gasteiger partial charge in [-0.05, 0) is 49.8 Å². The lowest BCUT2D eigenvalue weighted by Gasteiger charge is -2.21. The zero-order chi connectivity index (χ0) is 19.5. The minimum Gasteiger partial charge on any atom is -0.350 e. The number of likely N-dealkylation sites (N-methyl/N-ethyl adjacent to an activating group) is 1. The molecule has 4 nitrogen and oxygen atoms in total. The number of rotatable bonds is 7. The molecule has 1 fully saturated rings. The summed E-state index contributed by atoms with van der Waals surface area (Å²) in [4.78, 5) is 26.7. The van der Waals surface area contributed by atoms with Gasteiger partial charge in [-0.1, -0.05) is 37.6 Å². The molecule has 0 spiro atoms. The summed E-state index contributed by atoms with van der Waals surface area (Å²) in [5.74, 6) is -0.307. The first-order chi connectivity index (χ1) is 12.2. The number of allylic oxidation sites excluding steroid dienone is 2. The second kappa shape index (κ2) is 8.02. The Morgan fingerprint density at radius 1 is 1.23 bits per heavy atom. The molecule has 0 aliphatic heterocycles. The van der Waals surface area contributed by atoms with E-state index in [0.717, 1.165) is 5.56 Å². The van der Waals surface area contributed by atoms with Crippen LogP contribution in [0.4, 0.5) is 4.39 Å². The minimum atomic E-state index is -0.305. The van der Waals surface area contributed by atoms with Crippen molar-refractivity contribution < 1.29 is 14.0 Å². The van der Waals surface area contributed by atoms with E-state index in [9.17, 15) is 14.0 Å². The van der Waals surface area contributed by atoms with E-state index in [4.69, 9.17) is 0 Å². The first kappa shape index (κ1) is 20.1. The van der Waals surface area contributed by atoms with E-state index in [1.54, 1.807) is 17.0 Å². The summed E-state index contributed by atoms with van der Waals surface area (Å²) in [7, 11) is 0. The van der Waals surface area contributed by atoms with Crippen molar-refractivity contribution in [3.8, 4) is 0 Å². The van der Waals surface area contributed by atoms with E-state index in [1.807, 2.05) is 20.8 Å². The van der Waals surface area contributed by atoms with Crippen molar-refractivity contribution in [3.05, 3.63) is 47.3 Å². The SMILES string of the molecule is CCN(CC(=O)NCc1ccc(F)cc1)C(=O)C1C(C=C(C)C)C1(C)C. The fourth-order valence-electron chi connectivity index (χ4n) is 3.39. The Hall–Kier alpha value is -2.17. The van der Waals surface area contributed by atoms with Crippen LogP contribution < -0.4 is 5.32 Å². The normalized spacial score (nSPS) is 20.2. The molecule has 1 saturated carbocycles. The maximum Gasteiger partial charge on any atom is 0.239 e. The number of carbonyl (C=O) groups is 2. The highest BCUT2D eigenvalue weighted by molar-refractivity contribution is 5.88. The average molecular weight is 360 g/mol. The topological polar surface area (TPSA) is 49.4 Å². The maximum absolute atomic E-state index is 12.9. The molecule has 1 N–H and O–H groups in total. The van der Waals surface area contributed by atoms with Crippen molar-refractivity contribution >= 4 is 11.8 Å². The number of hydrogen-bond donors (Lipinski definition) is 1. The molecule has 0 heterocycles. The van der Waals surface area contributed by atoms with E-state index in [0.29, 0.717) is 13.1 Å². The van der Waals surface area contributed by atoms with Crippen molar-refractivity contribution in [1.82, 2.24) is 10.2 Å².